The van der Waals surface area contributed by atoms with E-state index in [1.165, 1.54) is 30.2 Å². The maximum Gasteiger partial charge on any atom is 0.330 e. The fourth-order valence-electron chi connectivity index (χ4n) is 5.81. The van der Waals surface area contributed by atoms with Crippen molar-refractivity contribution < 1.29 is 19.1 Å². The topological polar surface area (TPSA) is 109 Å². The molecule has 202 valence electrons. The SMILES string of the molecule is C=CC(=O)NC1CCC(C2CCC2)CC1Nc1ncc2c(n1)N(C)C(=O)N(c1cc(OC)cc(OC)c1)C2. The Morgan fingerprint density at radius 1 is 1.08 bits per heavy atom. The lowest BCUT2D eigenvalue weighted by atomic mass is 9.68. The van der Waals surface area contributed by atoms with Gasteiger partial charge >= 0.3 is 6.03 Å². The van der Waals surface area contributed by atoms with Crippen LogP contribution in [0.4, 0.5) is 22.2 Å². The summed E-state index contributed by atoms with van der Waals surface area (Å²) < 4.78 is 10.8. The first-order chi connectivity index (χ1) is 18.4. The molecule has 2 saturated carbocycles. The number of hydrogen-bond acceptors (Lipinski definition) is 7. The van der Waals surface area contributed by atoms with Crippen LogP contribution >= 0.6 is 0 Å². The molecule has 0 saturated heterocycles. The molecule has 1 aliphatic heterocycles. The predicted molar refractivity (Wildman–Crippen MR) is 146 cm³/mol. The van der Waals surface area contributed by atoms with Gasteiger partial charge in [0.25, 0.3) is 0 Å². The van der Waals surface area contributed by atoms with Crippen molar-refractivity contribution in [2.75, 3.05) is 36.4 Å². The number of ether oxygens (including phenoxy) is 2. The molecule has 1 aromatic heterocycles. The molecule has 10 nitrogen and oxygen atoms in total. The fourth-order valence-corrected chi connectivity index (χ4v) is 5.81. The fraction of sp³-hybridized carbons (Fsp3) is 0.500. The molecule has 0 radical (unpaired) electrons. The second-order valence-corrected chi connectivity index (χ2v) is 10.4. The minimum absolute atomic E-state index is 0.00152. The highest BCUT2D eigenvalue weighted by Gasteiger charge is 2.38. The highest BCUT2D eigenvalue weighted by atomic mass is 16.5. The molecule has 3 amide bonds. The van der Waals surface area contributed by atoms with Crippen molar-refractivity contribution in [1.29, 1.82) is 0 Å². The third-order valence-electron chi connectivity index (χ3n) is 8.19. The quantitative estimate of drug-likeness (QED) is 0.504. The first-order valence-corrected chi connectivity index (χ1v) is 13.2. The molecule has 5 rings (SSSR count). The minimum Gasteiger partial charge on any atom is -0.497 e. The van der Waals surface area contributed by atoms with E-state index in [-0.39, 0.29) is 24.0 Å². The molecule has 3 unspecified atom stereocenters. The highest BCUT2D eigenvalue weighted by Crippen LogP contribution is 2.42. The lowest BCUT2D eigenvalue weighted by molar-refractivity contribution is -0.117. The average molecular weight is 521 g/mol. The van der Waals surface area contributed by atoms with E-state index < -0.39 is 0 Å². The number of anilines is 3. The van der Waals surface area contributed by atoms with E-state index in [0.29, 0.717) is 41.4 Å². The molecule has 3 atom stereocenters. The number of carbonyl (C=O) groups excluding carboxylic acids is 2. The van der Waals surface area contributed by atoms with Crippen LogP contribution in [0.1, 0.15) is 44.1 Å². The zero-order valence-corrected chi connectivity index (χ0v) is 22.3. The Balaban J connectivity index is 1.37. The Hall–Kier alpha value is -3.82. The number of amides is 3. The molecule has 2 N–H and O–H groups in total. The van der Waals surface area contributed by atoms with Gasteiger partial charge in [-0.3, -0.25) is 14.6 Å². The van der Waals surface area contributed by atoms with E-state index in [2.05, 4.69) is 22.2 Å². The minimum atomic E-state index is -0.212. The average Bonchev–Trinajstić information content (AvgIpc) is 2.90. The smallest absolute Gasteiger partial charge is 0.330 e. The van der Waals surface area contributed by atoms with Crippen LogP contribution in [0.15, 0.2) is 37.1 Å². The summed E-state index contributed by atoms with van der Waals surface area (Å²) in [5.41, 5.74) is 1.49. The Morgan fingerprint density at radius 3 is 2.45 bits per heavy atom. The van der Waals surface area contributed by atoms with Gasteiger partial charge in [0.15, 0.2) is 0 Å². The van der Waals surface area contributed by atoms with Crippen molar-refractivity contribution in [2.24, 2.45) is 11.8 Å². The molecule has 2 fully saturated rings. The Morgan fingerprint density at radius 2 is 1.82 bits per heavy atom. The number of rotatable bonds is 8. The Kier molecular flexibility index (Phi) is 7.40. The van der Waals surface area contributed by atoms with Crippen molar-refractivity contribution in [3.8, 4) is 11.5 Å². The van der Waals surface area contributed by atoms with Gasteiger partial charge in [0.2, 0.25) is 11.9 Å². The summed E-state index contributed by atoms with van der Waals surface area (Å²) in [6.45, 7) is 3.92. The van der Waals surface area contributed by atoms with Crippen molar-refractivity contribution in [3.05, 3.63) is 42.6 Å². The lowest BCUT2D eigenvalue weighted by Gasteiger charge is -2.43. The van der Waals surface area contributed by atoms with Crippen molar-refractivity contribution in [1.82, 2.24) is 15.3 Å². The summed E-state index contributed by atoms with van der Waals surface area (Å²) in [4.78, 5) is 38.0. The summed E-state index contributed by atoms with van der Waals surface area (Å²) in [6, 6.07) is 5.12. The Bertz CT molecular complexity index is 1190. The van der Waals surface area contributed by atoms with E-state index in [4.69, 9.17) is 14.5 Å². The molecule has 38 heavy (non-hydrogen) atoms. The van der Waals surface area contributed by atoms with E-state index in [0.717, 1.165) is 30.7 Å². The number of aromatic nitrogens is 2. The van der Waals surface area contributed by atoms with Crippen LogP contribution in [0.5, 0.6) is 11.5 Å². The first-order valence-electron chi connectivity index (χ1n) is 13.2. The molecular weight excluding hydrogens is 484 g/mol. The lowest BCUT2D eigenvalue weighted by Crippen LogP contribution is -2.51. The third kappa shape index (κ3) is 5.12. The van der Waals surface area contributed by atoms with Crippen molar-refractivity contribution in [2.45, 2.75) is 57.2 Å². The molecule has 2 aromatic rings. The van der Waals surface area contributed by atoms with Crippen LogP contribution < -0.4 is 29.9 Å². The summed E-state index contributed by atoms with van der Waals surface area (Å²) in [6.07, 6.45) is 9.93. The second-order valence-electron chi connectivity index (χ2n) is 10.4. The first kappa shape index (κ1) is 25.8. The molecule has 2 aliphatic carbocycles. The van der Waals surface area contributed by atoms with Gasteiger partial charge in [-0.05, 0) is 37.2 Å². The number of methoxy groups -OCH3 is 2. The van der Waals surface area contributed by atoms with Crippen LogP contribution in [-0.4, -0.2) is 55.3 Å². The number of urea groups is 1. The highest BCUT2D eigenvalue weighted by molar-refractivity contribution is 6.05. The van der Waals surface area contributed by atoms with E-state index in [9.17, 15) is 9.59 Å². The molecule has 3 aliphatic rings. The van der Waals surface area contributed by atoms with Gasteiger partial charge in [0.05, 0.1) is 26.5 Å². The van der Waals surface area contributed by atoms with E-state index >= 15 is 0 Å². The van der Waals surface area contributed by atoms with Crippen LogP contribution in [0, 0.1) is 11.8 Å². The zero-order chi connectivity index (χ0) is 26.8. The van der Waals surface area contributed by atoms with Gasteiger partial charge in [-0.25, -0.2) is 9.78 Å². The van der Waals surface area contributed by atoms with Gasteiger partial charge in [0.1, 0.15) is 17.3 Å². The largest absolute Gasteiger partial charge is 0.497 e. The molecule has 0 spiro atoms. The second kappa shape index (κ2) is 10.9. The van der Waals surface area contributed by atoms with Gasteiger partial charge in [-0.15, -0.1) is 0 Å². The maximum atomic E-state index is 13.4. The van der Waals surface area contributed by atoms with Crippen LogP contribution in [0.3, 0.4) is 0 Å². The van der Waals surface area contributed by atoms with Gasteiger partial charge in [-0.1, -0.05) is 25.8 Å². The molecular formula is C28H36N6O4. The van der Waals surface area contributed by atoms with Gasteiger partial charge in [-0.2, -0.15) is 4.98 Å². The van der Waals surface area contributed by atoms with Gasteiger partial charge < -0.3 is 20.1 Å². The zero-order valence-electron chi connectivity index (χ0n) is 22.3. The monoisotopic (exact) mass is 520 g/mol. The number of carbonyl (C=O) groups is 2. The van der Waals surface area contributed by atoms with E-state index in [1.54, 1.807) is 50.6 Å². The van der Waals surface area contributed by atoms with Crippen molar-refractivity contribution >= 4 is 29.4 Å². The Labute approximate surface area is 223 Å². The predicted octanol–water partition coefficient (Wildman–Crippen LogP) is 4.12. The molecule has 0 bridgehead atoms. The summed E-state index contributed by atoms with van der Waals surface area (Å²) >= 11 is 0. The number of benzene rings is 1. The van der Waals surface area contributed by atoms with Crippen LogP contribution in [0.2, 0.25) is 0 Å². The third-order valence-corrected chi connectivity index (χ3v) is 8.19. The number of nitrogens with zero attached hydrogens (tertiary/aromatic N) is 4. The number of fused-ring (bicyclic) bond motifs is 1. The van der Waals surface area contributed by atoms with Crippen LogP contribution in [-0.2, 0) is 11.3 Å². The van der Waals surface area contributed by atoms with Crippen LogP contribution in [0.25, 0.3) is 0 Å². The number of nitrogens with one attached hydrogen (secondary N) is 2. The van der Waals surface area contributed by atoms with Gasteiger partial charge in [0, 0.05) is 49.1 Å². The van der Waals surface area contributed by atoms with Crippen molar-refractivity contribution in [3.63, 3.8) is 0 Å². The van der Waals surface area contributed by atoms with E-state index in [1.807, 2.05) is 0 Å². The number of hydrogen-bond donors (Lipinski definition) is 2. The molecule has 2 heterocycles. The standard InChI is InChI=1S/C28H36N6O4/c1-5-25(35)30-23-10-9-18(17-7-6-8-17)11-24(23)31-27-29-15-19-16-34(28(36)33(2)26(19)32-27)20-12-21(37-3)14-22(13-20)38-4/h5,12-15,17-18,23-24H,1,6-11,16H2,2-4H3,(H,30,35)(H,29,31,32). The summed E-state index contributed by atoms with van der Waals surface area (Å²) in [7, 11) is 4.87. The molecule has 10 heteroatoms. The normalized spacial score (nSPS) is 23.2. The summed E-state index contributed by atoms with van der Waals surface area (Å²) in [5.74, 6) is 3.45. The summed E-state index contributed by atoms with van der Waals surface area (Å²) in [5, 5.41) is 6.58. The maximum absolute atomic E-state index is 13.4. The molecule has 1 aromatic carbocycles.